The fourth-order valence-corrected chi connectivity index (χ4v) is 4.28. The molecule has 0 spiro atoms. The molecule has 40 heavy (non-hydrogen) atoms. The lowest BCUT2D eigenvalue weighted by Gasteiger charge is -2.41. The van der Waals surface area contributed by atoms with Crippen LogP contribution in [-0.2, 0) is 9.53 Å². The molecule has 3 amide bonds. The number of nitrogens with one attached hydrogen (secondary N) is 1. The number of allylic oxidation sites excluding steroid dienone is 1. The van der Waals surface area contributed by atoms with Gasteiger partial charge in [0.25, 0.3) is 5.91 Å². The highest BCUT2D eigenvalue weighted by Crippen LogP contribution is 2.33. The number of anilines is 2. The first-order valence-electron chi connectivity index (χ1n) is 12.2. The van der Waals surface area contributed by atoms with Gasteiger partial charge >= 0.3 is 6.09 Å². The molecule has 1 saturated heterocycles. The van der Waals surface area contributed by atoms with E-state index >= 15 is 4.39 Å². The molecule has 0 aliphatic carbocycles. The summed E-state index contributed by atoms with van der Waals surface area (Å²) in [6.45, 7) is 5.40. The van der Waals surface area contributed by atoms with E-state index in [-0.39, 0.29) is 59.6 Å². The summed E-state index contributed by atoms with van der Waals surface area (Å²) in [7, 11) is 0. The zero-order valence-corrected chi connectivity index (χ0v) is 21.8. The number of aliphatic imine (C=N–C) groups is 1. The minimum absolute atomic E-state index is 0.0114. The predicted octanol–water partition coefficient (Wildman–Crippen LogP) is 2.32. The minimum Gasteiger partial charge on any atom is -0.444 e. The standard InChI is InChI=1S/C25H25F2N9O4/c1-25(2,3)40-24(39)34-9-13(10-34)23(38)35-12-29-5-4-17(35)18-15(27)7-30-8-16(18)32-22(37)19-20(28)33-36-11-14(26)6-31-21(19)36/h4-8,11,13H,9-10,12H2,1-3H3,(H2,28,33)(H,32,37). The fraction of sp³-hybridized carbons (Fsp3) is 0.320. The van der Waals surface area contributed by atoms with E-state index in [9.17, 15) is 18.8 Å². The maximum atomic E-state index is 15.3. The van der Waals surface area contributed by atoms with Gasteiger partial charge in [-0.1, -0.05) is 0 Å². The molecule has 208 valence electrons. The Morgan fingerprint density at radius 3 is 2.62 bits per heavy atom. The first-order valence-corrected chi connectivity index (χ1v) is 12.2. The zero-order valence-electron chi connectivity index (χ0n) is 21.8. The van der Waals surface area contributed by atoms with E-state index in [1.165, 1.54) is 28.3 Å². The molecule has 0 unspecified atom stereocenters. The van der Waals surface area contributed by atoms with Crippen molar-refractivity contribution >= 4 is 47.0 Å². The number of hydrogen-bond acceptors (Lipinski definition) is 9. The molecule has 5 heterocycles. The van der Waals surface area contributed by atoms with Crippen LogP contribution in [0.5, 0.6) is 0 Å². The molecule has 0 atom stereocenters. The molecule has 0 bridgehead atoms. The Balaban J connectivity index is 1.39. The molecule has 3 N–H and O–H groups in total. The molecule has 13 nitrogen and oxygen atoms in total. The normalized spacial score (nSPS) is 15.6. The Morgan fingerprint density at radius 1 is 1.15 bits per heavy atom. The largest absolute Gasteiger partial charge is 0.444 e. The molecule has 15 heteroatoms. The van der Waals surface area contributed by atoms with Gasteiger partial charge in [-0.3, -0.25) is 24.5 Å². The summed E-state index contributed by atoms with van der Waals surface area (Å²) in [5.41, 5.74) is 5.01. The van der Waals surface area contributed by atoms with E-state index < -0.39 is 35.2 Å². The second-order valence-electron chi connectivity index (χ2n) is 10.2. The number of nitrogens with zero attached hydrogens (tertiary/aromatic N) is 7. The lowest BCUT2D eigenvalue weighted by molar-refractivity contribution is -0.137. The number of carbonyl (C=O) groups excluding carboxylic acids is 3. The van der Waals surface area contributed by atoms with E-state index in [1.807, 2.05) is 0 Å². The number of halogens is 2. The number of likely N-dealkylation sites (tertiary alicyclic amines) is 1. The molecule has 1 fully saturated rings. The number of fused-ring (bicyclic) bond motifs is 1. The third-order valence-corrected chi connectivity index (χ3v) is 6.10. The molecular formula is C25H25F2N9O4. The lowest BCUT2D eigenvalue weighted by Crippen LogP contribution is -2.57. The van der Waals surface area contributed by atoms with Crippen LogP contribution in [0.15, 0.2) is 35.9 Å². The molecule has 0 radical (unpaired) electrons. The summed E-state index contributed by atoms with van der Waals surface area (Å²) in [6, 6.07) is 0. The van der Waals surface area contributed by atoms with Gasteiger partial charge < -0.3 is 20.7 Å². The number of nitrogen functional groups attached to an aromatic ring is 1. The van der Waals surface area contributed by atoms with Crippen LogP contribution in [0.2, 0.25) is 0 Å². The fourth-order valence-electron chi connectivity index (χ4n) is 4.28. The van der Waals surface area contributed by atoms with Crippen molar-refractivity contribution in [1.29, 1.82) is 0 Å². The molecule has 0 saturated carbocycles. The van der Waals surface area contributed by atoms with Gasteiger partial charge in [-0.25, -0.2) is 23.1 Å². The summed E-state index contributed by atoms with van der Waals surface area (Å²) in [6.07, 6.45) is 6.40. The third-order valence-electron chi connectivity index (χ3n) is 6.10. The minimum atomic E-state index is -0.811. The van der Waals surface area contributed by atoms with Crippen LogP contribution >= 0.6 is 0 Å². The topological polar surface area (TPSA) is 160 Å². The van der Waals surface area contributed by atoms with Crippen molar-refractivity contribution in [3.05, 3.63) is 53.6 Å². The average Bonchev–Trinajstić information content (AvgIpc) is 3.16. The van der Waals surface area contributed by atoms with E-state index in [0.717, 1.165) is 23.1 Å². The first-order chi connectivity index (χ1) is 18.9. The number of carbonyl (C=O) groups is 3. The van der Waals surface area contributed by atoms with E-state index in [2.05, 4.69) is 25.4 Å². The summed E-state index contributed by atoms with van der Waals surface area (Å²) in [5, 5.41) is 6.46. The smallest absolute Gasteiger partial charge is 0.410 e. The van der Waals surface area contributed by atoms with Gasteiger partial charge in [0.05, 0.1) is 47.7 Å². The Kier molecular flexibility index (Phi) is 6.65. The Bertz CT molecular complexity index is 1590. The molecular weight excluding hydrogens is 528 g/mol. The van der Waals surface area contributed by atoms with Crippen molar-refractivity contribution in [2.45, 2.75) is 26.4 Å². The van der Waals surface area contributed by atoms with Gasteiger partial charge in [-0.05, 0) is 26.8 Å². The average molecular weight is 554 g/mol. The lowest BCUT2D eigenvalue weighted by atomic mass is 9.97. The van der Waals surface area contributed by atoms with Crippen LogP contribution in [0.25, 0.3) is 11.3 Å². The van der Waals surface area contributed by atoms with E-state index in [1.54, 1.807) is 20.8 Å². The van der Waals surface area contributed by atoms with Crippen molar-refractivity contribution < 1.29 is 27.9 Å². The summed E-state index contributed by atoms with van der Waals surface area (Å²) < 4.78 is 35.2. The molecule has 0 aromatic carbocycles. The highest BCUT2D eigenvalue weighted by atomic mass is 19.1. The summed E-state index contributed by atoms with van der Waals surface area (Å²) in [4.78, 5) is 53.4. The highest BCUT2D eigenvalue weighted by Gasteiger charge is 2.41. The quantitative estimate of drug-likeness (QED) is 0.498. The first kappa shape index (κ1) is 26.6. The number of pyridine rings is 1. The molecule has 2 aliphatic rings. The molecule has 2 aliphatic heterocycles. The van der Waals surface area contributed by atoms with Gasteiger partial charge in [0.15, 0.2) is 23.1 Å². The number of aromatic nitrogens is 4. The van der Waals surface area contributed by atoms with Gasteiger partial charge in [0.1, 0.15) is 17.8 Å². The van der Waals surface area contributed by atoms with Crippen molar-refractivity contribution in [3.63, 3.8) is 0 Å². The van der Waals surface area contributed by atoms with Crippen LogP contribution < -0.4 is 11.1 Å². The van der Waals surface area contributed by atoms with Crippen molar-refractivity contribution in [2.24, 2.45) is 10.9 Å². The maximum Gasteiger partial charge on any atom is 0.410 e. The second-order valence-corrected chi connectivity index (χ2v) is 10.2. The van der Waals surface area contributed by atoms with Crippen LogP contribution in [0, 0.1) is 17.6 Å². The third kappa shape index (κ3) is 5.04. The Hall–Kier alpha value is -4.95. The van der Waals surface area contributed by atoms with Gasteiger partial charge in [-0.15, -0.1) is 5.10 Å². The maximum absolute atomic E-state index is 15.3. The molecule has 3 aromatic heterocycles. The number of nitrogens with two attached hydrogens (primary N) is 1. The van der Waals surface area contributed by atoms with Gasteiger partial charge in [-0.2, -0.15) is 0 Å². The molecule has 5 rings (SSSR count). The summed E-state index contributed by atoms with van der Waals surface area (Å²) >= 11 is 0. The van der Waals surface area contributed by atoms with Crippen LogP contribution in [0.1, 0.15) is 36.7 Å². The van der Waals surface area contributed by atoms with Gasteiger partial charge in [0, 0.05) is 19.3 Å². The SMILES string of the molecule is CC(C)(C)OC(=O)N1CC(C(=O)N2CN=CC=C2c2c(F)cncc2NC(=O)c2c(N)nn3cc(F)cnc23)C1. The number of ether oxygens (including phenoxy) is 1. The Labute approximate surface area is 226 Å². The zero-order chi connectivity index (χ0) is 28.8. The highest BCUT2D eigenvalue weighted by molar-refractivity contribution is 6.12. The van der Waals surface area contributed by atoms with E-state index in [4.69, 9.17) is 10.5 Å². The van der Waals surface area contributed by atoms with Crippen LogP contribution in [0.4, 0.5) is 25.1 Å². The van der Waals surface area contributed by atoms with Crippen molar-refractivity contribution in [2.75, 3.05) is 30.8 Å². The van der Waals surface area contributed by atoms with Gasteiger partial charge in [0.2, 0.25) is 5.91 Å². The second kappa shape index (κ2) is 9.98. The van der Waals surface area contributed by atoms with Crippen molar-refractivity contribution in [1.82, 2.24) is 29.4 Å². The predicted molar refractivity (Wildman–Crippen MR) is 139 cm³/mol. The monoisotopic (exact) mass is 553 g/mol. The van der Waals surface area contributed by atoms with Crippen LogP contribution in [0.3, 0.4) is 0 Å². The number of hydrogen-bond donors (Lipinski definition) is 2. The Morgan fingerprint density at radius 2 is 1.90 bits per heavy atom. The van der Waals surface area contributed by atoms with E-state index in [0.29, 0.717) is 0 Å². The summed E-state index contributed by atoms with van der Waals surface area (Å²) in [5.74, 6) is -3.45. The van der Waals surface area contributed by atoms with Crippen LogP contribution in [-0.4, -0.2) is 78.9 Å². The number of amides is 3. The molecule has 3 aromatic rings. The number of rotatable bonds is 4. The van der Waals surface area contributed by atoms with Crippen molar-refractivity contribution in [3.8, 4) is 0 Å².